The predicted octanol–water partition coefficient (Wildman–Crippen LogP) is 16.5. The molecule has 1 atom stereocenters. The fraction of sp³-hybridized carbons (Fsp3) is 0.0615. The molecule has 12 rings (SSSR count). The fourth-order valence-electron chi connectivity index (χ4n) is 9.69. The zero-order valence-corrected chi connectivity index (χ0v) is 38.8. The molecule has 1 aromatic heterocycles. The number of nitrogens with two attached hydrogens (primary N) is 1. The molecule has 1 spiro atoms. The van der Waals surface area contributed by atoms with E-state index in [9.17, 15) is 0 Å². The Hall–Kier alpha value is -8.53. The van der Waals surface area contributed by atoms with Crippen molar-refractivity contribution in [1.29, 1.82) is 5.41 Å². The van der Waals surface area contributed by atoms with Crippen LogP contribution in [0.4, 0.5) is 0 Å². The van der Waals surface area contributed by atoms with Gasteiger partial charge < -0.3 is 16.1 Å². The molecule has 8 aromatic carbocycles. The molecule has 68 heavy (non-hydrogen) atoms. The van der Waals surface area contributed by atoms with Crippen LogP contribution in [0.1, 0.15) is 47.2 Å². The number of aromatic nitrogens is 1. The normalized spacial score (nSPS) is 15.2. The molecule has 330 valence electrons. The van der Waals surface area contributed by atoms with Crippen molar-refractivity contribution in [2.24, 2.45) is 5.73 Å². The highest BCUT2D eigenvalue weighted by molar-refractivity contribution is 6.07. The van der Waals surface area contributed by atoms with Gasteiger partial charge in [0, 0.05) is 28.9 Å². The molecule has 0 radical (unpaired) electrons. The number of H-pyrrole nitrogens is 1. The molecule has 2 aliphatic carbocycles. The summed E-state index contributed by atoms with van der Waals surface area (Å²) in [7, 11) is 0. The van der Waals surface area contributed by atoms with Crippen LogP contribution < -0.4 is 5.73 Å². The Labute approximate surface area is 401 Å². The van der Waals surface area contributed by atoms with Crippen molar-refractivity contribution in [2.45, 2.75) is 26.2 Å². The summed E-state index contributed by atoms with van der Waals surface area (Å²) in [6.07, 6.45) is 10.0. The van der Waals surface area contributed by atoms with E-state index in [1.807, 2.05) is 74.5 Å². The molecule has 0 amide bonds. The van der Waals surface area contributed by atoms with Crippen LogP contribution in [0.5, 0.6) is 0 Å². The lowest BCUT2D eigenvalue weighted by molar-refractivity contribution is 0.768. The zero-order chi connectivity index (χ0) is 46.9. The molecule has 3 heteroatoms. The average Bonchev–Trinajstić information content (AvgIpc) is 3.74. The van der Waals surface area contributed by atoms with Gasteiger partial charge in [0.05, 0.1) is 11.1 Å². The summed E-state index contributed by atoms with van der Waals surface area (Å²) >= 11 is 0. The van der Waals surface area contributed by atoms with E-state index in [0.717, 1.165) is 77.7 Å². The number of hydrogen-bond donors (Lipinski definition) is 3. The van der Waals surface area contributed by atoms with Crippen LogP contribution in [-0.4, -0.2) is 10.7 Å². The lowest BCUT2D eigenvalue weighted by atomic mass is 9.65. The molecule has 1 aliphatic heterocycles. The Morgan fingerprint density at radius 1 is 0.500 bits per heavy atom. The van der Waals surface area contributed by atoms with Crippen LogP contribution in [0.25, 0.3) is 61.0 Å². The van der Waals surface area contributed by atoms with Crippen LogP contribution in [0.15, 0.2) is 261 Å². The third kappa shape index (κ3) is 8.66. The summed E-state index contributed by atoms with van der Waals surface area (Å²) in [6.45, 7) is 6.08. The topological polar surface area (TPSA) is 65.7 Å². The Balaban J connectivity index is 0.000000584. The molecule has 3 nitrogen and oxygen atoms in total. The van der Waals surface area contributed by atoms with Gasteiger partial charge in [0.1, 0.15) is 0 Å². The van der Waals surface area contributed by atoms with Gasteiger partial charge in [0.15, 0.2) is 0 Å². The first-order valence-electron chi connectivity index (χ1n) is 23.5. The maximum atomic E-state index is 8.95. The Kier molecular flexibility index (Phi) is 13.4. The maximum Gasteiger partial charge on any atom is 0.0734 e. The van der Waals surface area contributed by atoms with Gasteiger partial charge >= 0.3 is 0 Å². The van der Waals surface area contributed by atoms with Crippen LogP contribution in [0, 0.1) is 12.3 Å². The van der Waals surface area contributed by atoms with Crippen LogP contribution in [0.2, 0.25) is 0 Å². The molecule has 1 unspecified atom stereocenters. The SMILES string of the molecule is CC.Cc1ccccc1.N=C(/C=C/C=C1\C(=C/N)c2cc(-c3cc(-c4ccccc4)cc(-c4ccccc4)c3)ccc2C12c1cccc(c3ccccc3[nH]c1)-c1ccccc12)c1ccccc1. The quantitative estimate of drug-likeness (QED) is 0.143. The minimum Gasteiger partial charge on any atom is -0.404 e. The zero-order valence-electron chi connectivity index (χ0n) is 38.8. The van der Waals surface area contributed by atoms with Gasteiger partial charge in [0.2, 0.25) is 0 Å². The van der Waals surface area contributed by atoms with Crippen LogP contribution >= 0.6 is 0 Å². The van der Waals surface area contributed by atoms with Crippen molar-refractivity contribution in [3.8, 4) is 44.5 Å². The van der Waals surface area contributed by atoms with Gasteiger partial charge in [-0.15, -0.1) is 0 Å². The van der Waals surface area contributed by atoms with E-state index in [0.29, 0.717) is 5.71 Å². The third-order valence-electron chi connectivity index (χ3n) is 12.8. The Morgan fingerprint density at radius 2 is 1.04 bits per heavy atom. The van der Waals surface area contributed by atoms with E-state index in [1.165, 1.54) is 22.3 Å². The van der Waals surface area contributed by atoms with Gasteiger partial charge in [-0.3, -0.25) is 0 Å². The highest BCUT2D eigenvalue weighted by atomic mass is 14.7. The fourth-order valence-corrected chi connectivity index (χ4v) is 9.69. The minimum absolute atomic E-state index is 0.439. The number of fused-ring (bicyclic) bond motifs is 4. The number of aryl methyl sites for hydroxylation is 1. The standard InChI is InChI=1S/C56H41N3.C7H8.C2H6/c57-36-50-49-35-41(44-33-42(38-16-4-1-5-17-38)32-43(34-44)39-18-6-2-7-19-39)30-31-53(49)56(52(50)27-15-28-54(58)40-20-8-3-9-21-40)45-22-14-25-46(47-23-10-12-26-51(47)56)48-24-11-13-29-55(48)59-37-45;1-7-5-3-2-4-6-7;1-2/h1-37,58-59H,57H2;2-6H,1H3;1-2H3/b22-14?,28-15+,45-37?,46-25?,50-36-,52-27+,58-54?;;. The van der Waals surface area contributed by atoms with E-state index >= 15 is 0 Å². The monoisotopic (exact) mass is 877 g/mol. The maximum absolute atomic E-state index is 8.95. The second-order valence-electron chi connectivity index (χ2n) is 16.8. The van der Waals surface area contributed by atoms with Gasteiger partial charge in [-0.1, -0.05) is 226 Å². The average molecular weight is 878 g/mol. The third-order valence-corrected chi connectivity index (χ3v) is 12.8. The van der Waals surface area contributed by atoms with Crippen molar-refractivity contribution < 1.29 is 0 Å². The van der Waals surface area contributed by atoms with Crippen molar-refractivity contribution in [3.63, 3.8) is 0 Å². The molecule has 0 saturated heterocycles. The van der Waals surface area contributed by atoms with E-state index < -0.39 is 5.41 Å². The van der Waals surface area contributed by atoms with Gasteiger partial charge in [-0.25, -0.2) is 0 Å². The van der Waals surface area contributed by atoms with Crippen molar-refractivity contribution in [2.75, 3.05) is 0 Å². The van der Waals surface area contributed by atoms with Gasteiger partial charge in [0.25, 0.3) is 0 Å². The van der Waals surface area contributed by atoms with Gasteiger partial charge in [-0.05, 0) is 121 Å². The lowest BCUT2D eigenvalue weighted by Crippen LogP contribution is -2.29. The summed E-state index contributed by atoms with van der Waals surface area (Å²) in [6, 6.07) is 79.1. The summed E-state index contributed by atoms with van der Waals surface area (Å²) in [5.41, 5.74) is 25.4. The smallest absolute Gasteiger partial charge is 0.0734 e. The van der Waals surface area contributed by atoms with E-state index in [4.69, 9.17) is 11.1 Å². The van der Waals surface area contributed by atoms with Crippen molar-refractivity contribution >= 4 is 22.2 Å². The molecule has 3 aliphatic rings. The van der Waals surface area contributed by atoms with E-state index in [-0.39, 0.29) is 0 Å². The molecule has 0 fully saturated rings. The lowest BCUT2D eigenvalue weighted by Gasteiger charge is -2.35. The Bertz CT molecular complexity index is 3320. The highest BCUT2D eigenvalue weighted by Gasteiger charge is 2.49. The second kappa shape index (κ2) is 20.3. The number of rotatable bonds is 6. The summed E-state index contributed by atoms with van der Waals surface area (Å²) < 4.78 is 0. The molecular weight excluding hydrogens is 823 g/mol. The minimum atomic E-state index is -0.763. The molecule has 2 heterocycles. The van der Waals surface area contributed by atoms with Crippen molar-refractivity contribution in [1.82, 2.24) is 4.98 Å². The first-order valence-corrected chi connectivity index (χ1v) is 23.5. The number of allylic oxidation sites excluding steroid dienone is 5. The highest BCUT2D eigenvalue weighted by Crippen LogP contribution is 2.59. The number of aromatic amines is 1. The molecule has 0 saturated carbocycles. The Morgan fingerprint density at radius 3 is 1.68 bits per heavy atom. The molecule has 4 N–H and O–H groups in total. The number of para-hydroxylation sites is 1. The first-order chi connectivity index (χ1) is 33.5. The number of hydrogen-bond acceptors (Lipinski definition) is 2. The predicted molar refractivity (Wildman–Crippen MR) is 289 cm³/mol. The first kappa shape index (κ1) is 44.7. The van der Waals surface area contributed by atoms with Crippen LogP contribution in [-0.2, 0) is 5.41 Å². The number of benzene rings is 8. The van der Waals surface area contributed by atoms with Crippen LogP contribution in [0.3, 0.4) is 0 Å². The summed E-state index contributed by atoms with van der Waals surface area (Å²) in [4.78, 5) is 3.74. The molecule has 2 bridgehead atoms. The largest absolute Gasteiger partial charge is 0.404 e. The second-order valence-corrected chi connectivity index (χ2v) is 16.8. The van der Waals surface area contributed by atoms with E-state index in [1.54, 1.807) is 6.20 Å². The molecular formula is C65H55N3. The summed E-state index contributed by atoms with van der Waals surface area (Å²) in [5, 5.41) is 10.1. The van der Waals surface area contributed by atoms with E-state index in [2.05, 4.69) is 200 Å². The summed E-state index contributed by atoms with van der Waals surface area (Å²) in [5.74, 6) is 0. The number of nitrogens with one attached hydrogen (secondary N) is 2. The molecule has 9 aromatic rings. The van der Waals surface area contributed by atoms with Crippen molar-refractivity contribution in [3.05, 3.63) is 294 Å². The van der Waals surface area contributed by atoms with Gasteiger partial charge in [-0.2, -0.15) is 0 Å².